The lowest BCUT2D eigenvalue weighted by Gasteiger charge is -2.34. The van der Waals surface area contributed by atoms with Gasteiger partial charge in [0.25, 0.3) is 0 Å². The number of hydrogen-bond donors (Lipinski definition) is 0. The van der Waals surface area contributed by atoms with Gasteiger partial charge in [-0.1, -0.05) is 12.1 Å². The summed E-state index contributed by atoms with van der Waals surface area (Å²) in [7, 11) is -3.58. The Morgan fingerprint density at radius 1 is 1.07 bits per heavy atom. The highest BCUT2D eigenvalue weighted by atomic mass is 32.2. The van der Waals surface area contributed by atoms with Crippen LogP contribution in [0.1, 0.15) is 24.6 Å². The van der Waals surface area contributed by atoms with E-state index in [2.05, 4.69) is 21.2 Å². The maximum Gasteiger partial charge on any atom is 0.246 e. The van der Waals surface area contributed by atoms with Gasteiger partial charge in [0.1, 0.15) is 10.6 Å². The molecule has 8 heteroatoms. The lowest BCUT2D eigenvalue weighted by atomic mass is 10.2. The van der Waals surface area contributed by atoms with Crippen molar-refractivity contribution in [2.45, 2.75) is 31.1 Å². The average Bonchev–Trinajstić information content (AvgIpc) is 3.16. The van der Waals surface area contributed by atoms with Crippen LogP contribution >= 0.6 is 0 Å². The monoisotopic (exact) mass is 388 g/mol. The Morgan fingerprint density at radius 2 is 1.85 bits per heavy atom. The maximum absolute atomic E-state index is 13.1. The Kier molecular flexibility index (Phi) is 5.01. The number of anilines is 1. The van der Waals surface area contributed by atoms with Gasteiger partial charge in [-0.3, -0.25) is 0 Å². The first-order chi connectivity index (χ1) is 13.1. The van der Waals surface area contributed by atoms with Crippen molar-refractivity contribution in [2.24, 2.45) is 0 Å². The Balaban J connectivity index is 1.49. The number of ether oxygens (including phenoxy) is 1. The van der Waals surface area contributed by atoms with Gasteiger partial charge in [-0.15, -0.1) is 5.10 Å². The molecule has 7 nitrogen and oxygen atoms in total. The van der Waals surface area contributed by atoms with Gasteiger partial charge in [0.2, 0.25) is 10.0 Å². The largest absolute Gasteiger partial charge is 0.492 e. The third-order valence-corrected chi connectivity index (χ3v) is 7.07. The summed E-state index contributed by atoms with van der Waals surface area (Å²) in [6, 6.07) is 8.94. The molecule has 144 valence electrons. The van der Waals surface area contributed by atoms with Crippen molar-refractivity contribution in [1.82, 2.24) is 14.5 Å². The third-order valence-electron chi connectivity index (χ3n) is 5.14. The third kappa shape index (κ3) is 3.51. The highest BCUT2D eigenvalue weighted by molar-refractivity contribution is 7.89. The molecule has 2 aliphatic rings. The molecule has 27 heavy (non-hydrogen) atoms. The summed E-state index contributed by atoms with van der Waals surface area (Å²) in [6.07, 6.45) is 3.20. The standard InChI is InChI=1S/C19H24N4O3S/c1-2-26-17-8-3-4-9-18(17)27(24,25)23-12-10-22(11-13-23)19-14-15-6-5-7-16(15)20-21-19/h3-4,8-9,14H,2,5-7,10-13H2,1H3. The number of aromatic nitrogens is 2. The summed E-state index contributed by atoms with van der Waals surface area (Å²) >= 11 is 0. The molecule has 1 aliphatic heterocycles. The van der Waals surface area contributed by atoms with Gasteiger partial charge < -0.3 is 9.64 Å². The molecule has 0 atom stereocenters. The first-order valence-electron chi connectivity index (χ1n) is 9.42. The van der Waals surface area contributed by atoms with E-state index in [9.17, 15) is 8.42 Å². The van der Waals surface area contributed by atoms with Crippen LogP contribution in [0.15, 0.2) is 35.2 Å². The van der Waals surface area contributed by atoms with Gasteiger partial charge in [-0.25, -0.2) is 8.42 Å². The van der Waals surface area contributed by atoms with Crippen molar-refractivity contribution in [3.63, 3.8) is 0 Å². The molecule has 0 amide bonds. The second-order valence-corrected chi connectivity index (χ2v) is 8.71. The first kappa shape index (κ1) is 18.2. The summed E-state index contributed by atoms with van der Waals surface area (Å²) in [4.78, 5) is 2.35. The molecule has 0 saturated carbocycles. The van der Waals surface area contributed by atoms with Crippen LogP contribution in [0.3, 0.4) is 0 Å². The summed E-state index contributed by atoms with van der Waals surface area (Å²) < 4.78 is 33.2. The summed E-state index contributed by atoms with van der Waals surface area (Å²) in [5.41, 5.74) is 2.38. The quantitative estimate of drug-likeness (QED) is 0.778. The summed E-state index contributed by atoms with van der Waals surface area (Å²) in [6.45, 7) is 4.31. The van der Waals surface area contributed by atoms with Crippen LogP contribution in [0.2, 0.25) is 0 Å². The van der Waals surface area contributed by atoms with Crippen molar-refractivity contribution in [2.75, 3.05) is 37.7 Å². The van der Waals surface area contributed by atoms with Gasteiger partial charge in [-0.2, -0.15) is 9.40 Å². The number of rotatable bonds is 5. The zero-order chi connectivity index (χ0) is 18.9. The maximum atomic E-state index is 13.1. The zero-order valence-corrected chi connectivity index (χ0v) is 16.3. The highest BCUT2D eigenvalue weighted by Gasteiger charge is 2.31. The number of aryl methyl sites for hydroxylation is 2. The molecule has 2 heterocycles. The zero-order valence-electron chi connectivity index (χ0n) is 15.5. The lowest BCUT2D eigenvalue weighted by molar-refractivity contribution is 0.327. The predicted molar refractivity (Wildman–Crippen MR) is 103 cm³/mol. The molecule has 0 radical (unpaired) electrons. The van der Waals surface area contributed by atoms with Crippen molar-refractivity contribution >= 4 is 15.8 Å². The van der Waals surface area contributed by atoms with Crippen LogP contribution in [0.5, 0.6) is 5.75 Å². The van der Waals surface area contributed by atoms with Gasteiger partial charge in [0.05, 0.1) is 12.3 Å². The van der Waals surface area contributed by atoms with E-state index in [1.807, 2.05) is 6.92 Å². The first-order valence-corrected chi connectivity index (χ1v) is 10.9. The molecule has 2 aromatic rings. The Hall–Kier alpha value is -2.19. The number of sulfonamides is 1. The minimum atomic E-state index is -3.58. The fourth-order valence-corrected chi connectivity index (χ4v) is 5.26. The molecule has 1 saturated heterocycles. The Bertz CT molecular complexity index is 924. The number of nitrogens with zero attached hydrogens (tertiary/aromatic N) is 4. The molecule has 1 aliphatic carbocycles. The van der Waals surface area contributed by atoms with E-state index in [0.29, 0.717) is 38.5 Å². The van der Waals surface area contributed by atoms with Crippen LogP contribution in [0.25, 0.3) is 0 Å². The number of piperazine rings is 1. The average molecular weight is 388 g/mol. The van der Waals surface area contributed by atoms with E-state index in [1.165, 1.54) is 9.87 Å². The molecule has 1 aromatic carbocycles. The molecule has 4 rings (SSSR count). The SMILES string of the molecule is CCOc1ccccc1S(=O)(=O)N1CCN(c2cc3c(nn2)CCC3)CC1. The second-order valence-electron chi connectivity index (χ2n) is 6.80. The summed E-state index contributed by atoms with van der Waals surface area (Å²) in [5, 5.41) is 8.69. The smallest absolute Gasteiger partial charge is 0.246 e. The highest BCUT2D eigenvalue weighted by Crippen LogP contribution is 2.28. The van der Waals surface area contributed by atoms with Crippen LogP contribution in [-0.2, 0) is 22.9 Å². The predicted octanol–water partition coefficient (Wildman–Crippen LogP) is 1.87. The van der Waals surface area contributed by atoms with Crippen LogP contribution < -0.4 is 9.64 Å². The van der Waals surface area contributed by atoms with Crippen molar-refractivity contribution in [1.29, 1.82) is 0 Å². The minimum Gasteiger partial charge on any atom is -0.492 e. The van der Waals surface area contributed by atoms with E-state index in [0.717, 1.165) is 30.8 Å². The number of fused-ring (bicyclic) bond motifs is 1. The van der Waals surface area contributed by atoms with Crippen molar-refractivity contribution < 1.29 is 13.2 Å². The topological polar surface area (TPSA) is 75.6 Å². The number of para-hydroxylation sites is 1. The number of benzene rings is 1. The van der Waals surface area contributed by atoms with E-state index in [-0.39, 0.29) is 4.90 Å². The number of hydrogen-bond acceptors (Lipinski definition) is 6. The fraction of sp³-hybridized carbons (Fsp3) is 0.474. The fourth-order valence-electron chi connectivity index (χ4n) is 3.71. The minimum absolute atomic E-state index is 0.234. The van der Waals surface area contributed by atoms with Gasteiger partial charge in [0.15, 0.2) is 5.82 Å². The van der Waals surface area contributed by atoms with Crippen LogP contribution in [-0.4, -0.2) is 55.7 Å². The molecule has 1 aromatic heterocycles. The van der Waals surface area contributed by atoms with Gasteiger partial charge >= 0.3 is 0 Å². The van der Waals surface area contributed by atoms with Crippen LogP contribution in [0.4, 0.5) is 5.82 Å². The van der Waals surface area contributed by atoms with Crippen molar-refractivity contribution in [3.05, 3.63) is 41.6 Å². The Morgan fingerprint density at radius 3 is 2.63 bits per heavy atom. The molecule has 0 N–H and O–H groups in total. The van der Waals surface area contributed by atoms with E-state index in [4.69, 9.17) is 4.74 Å². The molecular formula is C19H24N4O3S. The van der Waals surface area contributed by atoms with E-state index in [1.54, 1.807) is 24.3 Å². The second kappa shape index (κ2) is 7.44. The van der Waals surface area contributed by atoms with E-state index >= 15 is 0 Å². The molecule has 1 fully saturated rings. The van der Waals surface area contributed by atoms with Gasteiger partial charge in [-0.05, 0) is 49.9 Å². The summed E-state index contributed by atoms with van der Waals surface area (Å²) in [5.74, 6) is 1.26. The van der Waals surface area contributed by atoms with Crippen LogP contribution in [0, 0.1) is 0 Å². The molecular weight excluding hydrogens is 364 g/mol. The molecule has 0 bridgehead atoms. The molecule has 0 spiro atoms. The van der Waals surface area contributed by atoms with E-state index < -0.39 is 10.0 Å². The normalized spacial score (nSPS) is 17.7. The van der Waals surface area contributed by atoms with Gasteiger partial charge in [0, 0.05) is 26.2 Å². The Labute approximate surface area is 160 Å². The lowest BCUT2D eigenvalue weighted by Crippen LogP contribution is -2.49. The van der Waals surface area contributed by atoms with Crippen molar-refractivity contribution in [3.8, 4) is 5.75 Å². The molecule has 0 unspecified atom stereocenters.